The van der Waals surface area contributed by atoms with Gasteiger partial charge in [0.1, 0.15) is 11.5 Å². The Kier molecular flexibility index (Phi) is 4.73. The van der Waals surface area contributed by atoms with E-state index < -0.39 is 0 Å². The fraction of sp³-hybridized carbons (Fsp3) is 0.450. The first kappa shape index (κ1) is 16.8. The summed E-state index contributed by atoms with van der Waals surface area (Å²) >= 11 is 0. The van der Waals surface area contributed by atoms with Gasteiger partial charge in [-0.05, 0) is 25.0 Å². The normalized spacial score (nSPS) is 17.3. The van der Waals surface area contributed by atoms with Gasteiger partial charge in [-0.3, -0.25) is 9.59 Å². The summed E-state index contributed by atoms with van der Waals surface area (Å²) in [6.07, 6.45) is 3.68. The molecule has 0 spiro atoms. The van der Waals surface area contributed by atoms with Gasteiger partial charge in [-0.1, -0.05) is 18.2 Å². The number of carbonyl (C=O) groups excluding carboxylic acids is 2. The van der Waals surface area contributed by atoms with Gasteiger partial charge in [0, 0.05) is 44.5 Å². The number of hydrogen-bond donors (Lipinski definition) is 0. The van der Waals surface area contributed by atoms with Gasteiger partial charge < -0.3 is 14.2 Å². The van der Waals surface area contributed by atoms with Gasteiger partial charge in [0.05, 0.1) is 6.54 Å². The van der Waals surface area contributed by atoms with Crippen LogP contribution >= 0.6 is 0 Å². The number of carbonyl (C=O) groups is 2. The van der Waals surface area contributed by atoms with Crippen LogP contribution in [0.4, 0.5) is 0 Å². The molecule has 1 aromatic heterocycles. The van der Waals surface area contributed by atoms with Gasteiger partial charge in [-0.15, -0.1) is 0 Å². The second kappa shape index (κ2) is 7.32. The number of benzene rings is 1. The number of fused-ring (bicyclic) bond motifs is 1. The molecule has 2 aliphatic heterocycles. The molecule has 1 aromatic carbocycles. The number of nitrogens with zero attached hydrogens (tertiary/aromatic N) is 3. The van der Waals surface area contributed by atoms with Gasteiger partial charge in [-0.25, -0.2) is 4.98 Å². The van der Waals surface area contributed by atoms with Crippen LogP contribution in [0.2, 0.25) is 0 Å². The molecule has 6 nitrogen and oxygen atoms in total. The maximum atomic E-state index is 12.6. The van der Waals surface area contributed by atoms with E-state index in [9.17, 15) is 9.59 Å². The SMILES string of the molecule is O=C1CCCCN1CCC(=O)N1CCc2oc(-c3ccccc3)nc2C1. The fourth-order valence-electron chi connectivity index (χ4n) is 3.60. The van der Waals surface area contributed by atoms with E-state index >= 15 is 0 Å². The number of hydrogen-bond acceptors (Lipinski definition) is 4. The van der Waals surface area contributed by atoms with Crippen LogP contribution in [0.1, 0.15) is 37.1 Å². The highest BCUT2D eigenvalue weighted by molar-refractivity contribution is 5.79. The van der Waals surface area contributed by atoms with Crippen molar-refractivity contribution in [3.63, 3.8) is 0 Å². The zero-order chi connectivity index (χ0) is 17.9. The Hall–Kier alpha value is -2.63. The molecule has 6 heteroatoms. The van der Waals surface area contributed by atoms with Crippen LogP contribution in [0.3, 0.4) is 0 Å². The second-order valence-electron chi connectivity index (χ2n) is 6.91. The summed E-state index contributed by atoms with van der Waals surface area (Å²) in [5.41, 5.74) is 1.79. The summed E-state index contributed by atoms with van der Waals surface area (Å²) in [4.78, 5) is 32.7. The van der Waals surface area contributed by atoms with E-state index in [1.165, 1.54) is 0 Å². The molecule has 2 aromatic rings. The summed E-state index contributed by atoms with van der Waals surface area (Å²) in [6, 6.07) is 9.80. The molecule has 0 saturated carbocycles. The van der Waals surface area contributed by atoms with Crippen molar-refractivity contribution in [2.75, 3.05) is 19.6 Å². The Balaban J connectivity index is 1.38. The average molecular weight is 353 g/mol. The van der Waals surface area contributed by atoms with E-state index in [4.69, 9.17) is 4.42 Å². The van der Waals surface area contributed by atoms with Gasteiger partial charge in [0.2, 0.25) is 17.7 Å². The van der Waals surface area contributed by atoms with Crippen LogP contribution in [0.25, 0.3) is 11.5 Å². The lowest BCUT2D eigenvalue weighted by atomic mass is 10.1. The van der Waals surface area contributed by atoms with Crippen molar-refractivity contribution < 1.29 is 14.0 Å². The van der Waals surface area contributed by atoms with Crippen molar-refractivity contribution >= 4 is 11.8 Å². The van der Waals surface area contributed by atoms with Crippen LogP contribution in [0.5, 0.6) is 0 Å². The summed E-state index contributed by atoms with van der Waals surface area (Å²) in [5, 5.41) is 0. The van der Waals surface area contributed by atoms with Gasteiger partial charge in [0.15, 0.2) is 0 Å². The molecule has 0 N–H and O–H groups in total. The summed E-state index contributed by atoms with van der Waals surface area (Å²) in [5.74, 6) is 1.75. The third-order valence-corrected chi connectivity index (χ3v) is 5.12. The summed E-state index contributed by atoms with van der Waals surface area (Å²) < 4.78 is 5.89. The quantitative estimate of drug-likeness (QED) is 0.847. The van der Waals surface area contributed by atoms with Crippen molar-refractivity contribution in [3.8, 4) is 11.5 Å². The molecule has 2 amide bonds. The minimum Gasteiger partial charge on any atom is -0.441 e. The van der Waals surface area contributed by atoms with E-state index in [-0.39, 0.29) is 11.8 Å². The van der Waals surface area contributed by atoms with E-state index in [1.54, 1.807) is 0 Å². The highest BCUT2D eigenvalue weighted by Crippen LogP contribution is 2.26. The third kappa shape index (κ3) is 3.49. The van der Waals surface area contributed by atoms with Crippen molar-refractivity contribution in [1.82, 2.24) is 14.8 Å². The first-order chi connectivity index (χ1) is 12.7. The molecular weight excluding hydrogens is 330 g/mol. The predicted molar refractivity (Wildman–Crippen MR) is 96.1 cm³/mol. The Labute approximate surface area is 152 Å². The van der Waals surface area contributed by atoms with Crippen molar-refractivity contribution in [1.29, 1.82) is 0 Å². The summed E-state index contributed by atoms with van der Waals surface area (Å²) in [6.45, 7) is 2.43. The Morgan fingerprint density at radius 1 is 1.12 bits per heavy atom. The Morgan fingerprint density at radius 3 is 2.77 bits per heavy atom. The maximum absolute atomic E-state index is 12.6. The molecule has 4 rings (SSSR count). The standard InChI is InChI=1S/C20H23N3O3/c24-18-8-4-5-11-22(18)13-10-19(25)23-12-9-17-16(14-23)21-20(26-17)15-6-2-1-3-7-15/h1-3,6-7H,4-5,8-14H2. The largest absolute Gasteiger partial charge is 0.441 e. The molecule has 0 unspecified atom stereocenters. The molecule has 26 heavy (non-hydrogen) atoms. The average Bonchev–Trinajstić information content (AvgIpc) is 3.11. The molecule has 0 radical (unpaired) electrons. The van der Waals surface area contributed by atoms with Crippen LogP contribution in [-0.4, -0.2) is 46.2 Å². The van der Waals surface area contributed by atoms with E-state index in [2.05, 4.69) is 4.98 Å². The highest BCUT2D eigenvalue weighted by atomic mass is 16.4. The van der Waals surface area contributed by atoms with E-state index in [0.717, 1.165) is 36.4 Å². The molecule has 3 heterocycles. The molecule has 1 saturated heterocycles. The third-order valence-electron chi connectivity index (χ3n) is 5.12. The minimum atomic E-state index is 0.0817. The van der Waals surface area contributed by atoms with Crippen molar-refractivity contribution in [2.24, 2.45) is 0 Å². The number of rotatable bonds is 4. The lowest BCUT2D eigenvalue weighted by Crippen LogP contribution is -2.40. The van der Waals surface area contributed by atoms with Crippen LogP contribution in [0.15, 0.2) is 34.7 Å². The molecular formula is C20H23N3O3. The molecule has 2 aliphatic rings. The monoisotopic (exact) mass is 353 g/mol. The van der Waals surface area contributed by atoms with Crippen molar-refractivity contribution in [2.45, 2.75) is 38.6 Å². The number of likely N-dealkylation sites (tertiary alicyclic amines) is 1. The van der Waals surface area contributed by atoms with Gasteiger partial charge in [-0.2, -0.15) is 0 Å². The first-order valence-corrected chi connectivity index (χ1v) is 9.30. The van der Waals surface area contributed by atoms with E-state index in [1.807, 2.05) is 40.1 Å². The lowest BCUT2D eigenvalue weighted by molar-refractivity contribution is -0.136. The highest BCUT2D eigenvalue weighted by Gasteiger charge is 2.26. The van der Waals surface area contributed by atoms with Crippen molar-refractivity contribution in [3.05, 3.63) is 41.8 Å². The lowest BCUT2D eigenvalue weighted by Gasteiger charge is -2.29. The molecule has 0 aliphatic carbocycles. The summed E-state index contributed by atoms with van der Waals surface area (Å²) in [7, 11) is 0. The van der Waals surface area contributed by atoms with Crippen LogP contribution in [-0.2, 0) is 22.6 Å². The number of amides is 2. The first-order valence-electron chi connectivity index (χ1n) is 9.30. The predicted octanol–water partition coefficient (Wildman–Crippen LogP) is 2.63. The van der Waals surface area contributed by atoms with Crippen LogP contribution < -0.4 is 0 Å². The molecule has 0 bridgehead atoms. The number of piperidine rings is 1. The van der Waals surface area contributed by atoms with Crippen LogP contribution in [0, 0.1) is 0 Å². The van der Waals surface area contributed by atoms with Gasteiger partial charge >= 0.3 is 0 Å². The second-order valence-corrected chi connectivity index (χ2v) is 6.91. The topological polar surface area (TPSA) is 66.7 Å². The Bertz CT molecular complexity index is 800. The smallest absolute Gasteiger partial charge is 0.226 e. The maximum Gasteiger partial charge on any atom is 0.226 e. The zero-order valence-corrected chi connectivity index (χ0v) is 14.8. The molecule has 1 fully saturated rings. The van der Waals surface area contributed by atoms with E-state index in [0.29, 0.717) is 44.8 Å². The number of oxazole rings is 1. The zero-order valence-electron chi connectivity index (χ0n) is 14.8. The molecule has 136 valence electrons. The fourth-order valence-corrected chi connectivity index (χ4v) is 3.60. The van der Waals surface area contributed by atoms with Gasteiger partial charge in [0.25, 0.3) is 0 Å². The number of aromatic nitrogens is 1. The molecule has 0 atom stereocenters. The minimum absolute atomic E-state index is 0.0817. The Morgan fingerprint density at radius 2 is 1.96 bits per heavy atom.